The molecule has 0 aromatic carbocycles. The number of primary amides is 1. The monoisotopic (exact) mass is 497 g/mol. The van der Waals surface area contributed by atoms with Gasteiger partial charge < -0.3 is 15.8 Å². The van der Waals surface area contributed by atoms with Gasteiger partial charge in [0, 0.05) is 44.8 Å². The van der Waals surface area contributed by atoms with Crippen molar-refractivity contribution < 1.29 is 27.5 Å². The minimum absolute atomic E-state index is 0.00231. The number of cyclic esters (lactones) is 1. The van der Waals surface area contributed by atoms with Crippen LogP contribution in [0.1, 0.15) is 52.7 Å². The van der Waals surface area contributed by atoms with Crippen LogP contribution in [-0.2, 0) is 19.6 Å². The number of ether oxygens (including phenoxy) is 1. The van der Waals surface area contributed by atoms with E-state index in [1.165, 1.54) is 21.3 Å². The van der Waals surface area contributed by atoms with E-state index in [4.69, 9.17) is 10.5 Å². The van der Waals surface area contributed by atoms with E-state index in [1.54, 1.807) is 0 Å². The van der Waals surface area contributed by atoms with Gasteiger partial charge in [-0.15, -0.1) is 0 Å². The highest BCUT2D eigenvalue weighted by molar-refractivity contribution is 7.88. The zero-order chi connectivity index (χ0) is 24.5. The van der Waals surface area contributed by atoms with E-state index < -0.39 is 15.9 Å². The number of hydrogen-bond donors (Lipinski definition) is 2. The average Bonchev–Trinajstić information content (AvgIpc) is 3.25. The number of rotatable bonds is 6. The van der Waals surface area contributed by atoms with Crippen LogP contribution in [0.5, 0.6) is 0 Å². The Kier molecular flexibility index (Phi) is 7.21. The molecule has 4 rings (SSSR count). The molecule has 4 heterocycles. The highest BCUT2D eigenvalue weighted by Gasteiger charge is 2.32. The smallest absolute Gasteiger partial charge is 0.321 e. The first kappa shape index (κ1) is 24.6. The van der Waals surface area contributed by atoms with E-state index in [2.05, 4.69) is 15.4 Å². The molecule has 0 radical (unpaired) electrons. The number of esters is 1. The van der Waals surface area contributed by atoms with Crippen LogP contribution in [0.2, 0.25) is 0 Å². The summed E-state index contributed by atoms with van der Waals surface area (Å²) < 4.78 is 31.5. The lowest BCUT2D eigenvalue weighted by molar-refractivity contribution is -0.164. The molecule has 13 nitrogen and oxygen atoms in total. The van der Waals surface area contributed by atoms with Gasteiger partial charge in [-0.1, -0.05) is 0 Å². The summed E-state index contributed by atoms with van der Waals surface area (Å²) in [4.78, 5) is 36.4. The zero-order valence-corrected chi connectivity index (χ0v) is 20.0. The first-order valence-electron chi connectivity index (χ1n) is 11.4. The summed E-state index contributed by atoms with van der Waals surface area (Å²) >= 11 is 0. The largest absolute Gasteiger partial charge is 0.463 e. The number of carbonyl (C=O) groups excluding carboxylic acids is 3. The Hall–Kier alpha value is -2.55. The normalized spacial score (nSPS) is 22.4. The fraction of sp³-hybridized carbons (Fsp3) is 0.700. The summed E-state index contributed by atoms with van der Waals surface area (Å²) in [5.41, 5.74) is 5.65. The summed E-state index contributed by atoms with van der Waals surface area (Å²) in [5.74, 6) is -1.30. The number of sulfonamides is 1. The lowest BCUT2D eigenvalue weighted by atomic mass is 10.1. The van der Waals surface area contributed by atoms with Gasteiger partial charge in [-0.2, -0.15) is 5.10 Å². The van der Waals surface area contributed by atoms with Gasteiger partial charge in [0.2, 0.25) is 10.0 Å². The van der Waals surface area contributed by atoms with Gasteiger partial charge in [-0.05, 0) is 25.7 Å². The van der Waals surface area contributed by atoms with Gasteiger partial charge in [0.05, 0.1) is 12.3 Å². The highest BCUT2D eigenvalue weighted by atomic mass is 32.2. The molecular weight excluding hydrogens is 466 g/mol. The minimum Gasteiger partial charge on any atom is -0.463 e. The van der Waals surface area contributed by atoms with E-state index >= 15 is 0 Å². The quantitative estimate of drug-likeness (QED) is 0.448. The molecule has 3 saturated heterocycles. The molecule has 3 aliphatic heterocycles. The number of nitrogens with two attached hydrogens (primary N) is 1. The Morgan fingerprint density at radius 3 is 2.35 bits per heavy atom. The maximum atomic E-state index is 13.1. The van der Waals surface area contributed by atoms with Crippen LogP contribution in [-0.4, -0.2) is 108 Å². The first-order chi connectivity index (χ1) is 16.1. The molecule has 14 heteroatoms. The molecule has 2 amide bonds. The third-order valence-electron chi connectivity index (χ3n) is 6.59. The van der Waals surface area contributed by atoms with Gasteiger partial charge in [-0.3, -0.25) is 19.1 Å². The minimum atomic E-state index is -3.28. The average molecular weight is 498 g/mol. The van der Waals surface area contributed by atoms with Crippen molar-refractivity contribution in [3.8, 4) is 0 Å². The molecule has 0 unspecified atom stereocenters. The molecule has 0 aliphatic carbocycles. The Morgan fingerprint density at radius 1 is 1.09 bits per heavy atom. The van der Waals surface area contributed by atoms with Crippen molar-refractivity contribution >= 4 is 27.8 Å². The Bertz CT molecular complexity index is 1040. The van der Waals surface area contributed by atoms with Crippen LogP contribution in [0.15, 0.2) is 6.07 Å². The topological polar surface area (TPSA) is 160 Å². The number of aromatic nitrogens is 2. The summed E-state index contributed by atoms with van der Waals surface area (Å²) in [5, 5.41) is 11.4. The van der Waals surface area contributed by atoms with Crippen molar-refractivity contribution in [1.29, 1.82) is 0 Å². The fourth-order valence-electron chi connectivity index (χ4n) is 4.71. The van der Waals surface area contributed by atoms with Gasteiger partial charge in [-0.25, -0.2) is 22.7 Å². The molecule has 1 aromatic rings. The van der Waals surface area contributed by atoms with Gasteiger partial charge in [0.15, 0.2) is 5.69 Å². The van der Waals surface area contributed by atoms with Crippen molar-refractivity contribution in [3.05, 3.63) is 17.5 Å². The van der Waals surface area contributed by atoms with Crippen molar-refractivity contribution in [3.63, 3.8) is 0 Å². The third-order valence-corrected chi connectivity index (χ3v) is 7.89. The SMILES string of the molecule is CS(=O)(=O)N1CCC(n2nc(C(N)=O)cc2C(=O)NC2CCN(N3CCOC(=O)C3)CC2)CC1. The number of morpholine rings is 1. The molecule has 3 N–H and O–H groups in total. The molecule has 0 saturated carbocycles. The van der Waals surface area contributed by atoms with E-state index in [0.717, 1.165) is 0 Å². The predicted molar refractivity (Wildman–Crippen MR) is 120 cm³/mol. The van der Waals surface area contributed by atoms with Crippen molar-refractivity contribution in [1.82, 2.24) is 29.4 Å². The number of amides is 2. The second kappa shape index (κ2) is 9.98. The van der Waals surface area contributed by atoms with Gasteiger partial charge >= 0.3 is 5.97 Å². The van der Waals surface area contributed by atoms with Crippen LogP contribution in [0.25, 0.3) is 0 Å². The number of hydrazine groups is 1. The zero-order valence-electron chi connectivity index (χ0n) is 19.2. The molecule has 0 bridgehead atoms. The van der Waals surface area contributed by atoms with Crippen LogP contribution >= 0.6 is 0 Å². The molecule has 188 valence electrons. The number of hydrogen-bond acceptors (Lipinski definition) is 9. The van der Waals surface area contributed by atoms with Crippen molar-refractivity contribution in [2.75, 3.05) is 52.1 Å². The molecular formula is C20H31N7O6S. The second-order valence-electron chi connectivity index (χ2n) is 8.93. The van der Waals surface area contributed by atoms with Crippen LogP contribution < -0.4 is 11.1 Å². The maximum absolute atomic E-state index is 13.1. The van der Waals surface area contributed by atoms with Crippen molar-refractivity contribution in [2.24, 2.45) is 5.73 Å². The Morgan fingerprint density at radius 2 is 1.76 bits per heavy atom. The predicted octanol–water partition coefficient (Wildman–Crippen LogP) is -1.45. The number of carbonyl (C=O) groups is 3. The third kappa shape index (κ3) is 5.56. The van der Waals surface area contributed by atoms with E-state index in [-0.39, 0.29) is 41.9 Å². The number of nitrogens with zero attached hydrogens (tertiary/aromatic N) is 5. The summed E-state index contributed by atoms with van der Waals surface area (Å²) in [6.45, 7) is 3.32. The highest BCUT2D eigenvalue weighted by Crippen LogP contribution is 2.26. The lowest BCUT2D eigenvalue weighted by Gasteiger charge is -2.40. The van der Waals surface area contributed by atoms with Gasteiger partial charge in [0.1, 0.15) is 18.8 Å². The van der Waals surface area contributed by atoms with Gasteiger partial charge in [0.25, 0.3) is 11.8 Å². The Balaban J connectivity index is 1.39. The fourth-order valence-corrected chi connectivity index (χ4v) is 5.59. The standard InChI is InChI=1S/C20H31N7O6S/c1-34(31,32)26-8-4-15(5-9-26)27-17(12-16(23-27)19(21)29)20(30)22-14-2-6-24(7-3-14)25-10-11-33-18(28)13-25/h12,14-15H,2-11,13H2,1H3,(H2,21,29)(H,22,30). The van der Waals surface area contributed by atoms with E-state index in [0.29, 0.717) is 65.0 Å². The first-order valence-corrected chi connectivity index (χ1v) is 13.3. The van der Waals surface area contributed by atoms with E-state index in [9.17, 15) is 22.8 Å². The molecule has 3 fully saturated rings. The number of piperidine rings is 2. The summed E-state index contributed by atoms with van der Waals surface area (Å²) in [6, 6.07) is 1.12. The number of nitrogens with one attached hydrogen (secondary N) is 1. The van der Waals surface area contributed by atoms with Crippen LogP contribution in [0, 0.1) is 0 Å². The summed E-state index contributed by atoms with van der Waals surface area (Å²) in [6.07, 6.45) is 3.54. The molecule has 0 atom stereocenters. The molecule has 34 heavy (non-hydrogen) atoms. The maximum Gasteiger partial charge on any atom is 0.321 e. The second-order valence-corrected chi connectivity index (χ2v) is 10.9. The molecule has 1 aromatic heterocycles. The van der Waals surface area contributed by atoms with E-state index in [1.807, 2.05) is 5.01 Å². The van der Waals surface area contributed by atoms with Crippen LogP contribution in [0.4, 0.5) is 0 Å². The van der Waals surface area contributed by atoms with Crippen molar-refractivity contribution in [2.45, 2.75) is 37.8 Å². The molecule has 0 spiro atoms. The lowest BCUT2D eigenvalue weighted by Crippen LogP contribution is -2.55. The summed E-state index contributed by atoms with van der Waals surface area (Å²) in [7, 11) is -3.28. The Labute approximate surface area is 198 Å². The molecule has 3 aliphatic rings. The van der Waals surface area contributed by atoms with Crippen LogP contribution in [0.3, 0.4) is 0 Å².